The lowest BCUT2D eigenvalue weighted by molar-refractivity contribution is -0.117. The van der Waals surface area contributed by atoms with Crippen LogP contribution < -0.4 is 5.73 Å². The molecule has 0 saturated heterocycles. The largest absolute Gasteiger partial charge is 0.369 e. The summed E-state index contributed by atoms with van der Waals surface area (Å²) in [5.41, 5.74) is 4.87. The lowest BCUT2D eigenvalue weighted by Gasteiger charge is -1.80. The number of nitrogens with zero attached hydrogens (tertiary/aromatic N) is 1. The number of hydrogen-bond donors (Lipinski definition) is 1. The maximum atomic E-state index is 10.2. The van der Waals surface area contributed by atoms with E-state index in [0.717, 1.165) is 0 Å². The molecule has 2 N–H and O–H groups in total. The van der Waals surface area contributed by atoms with Gasteiger partial charge in [-0.2, -0.15) is 5.26 Å². The summed E-state index contributed by atoms with van der Waals surface area (Å²) >= 11 is 0. The highest BCUT2D eigenvalue weighted by molar-refractivity contribution is 5.75. The molecule has 0 aromatic heterocycles. The van der Waals surface area contributed by atoms with E-state index in [1.54, 1.807) is 24.3 Å². The molecular weight excluding hydrogens is 140 g/mol. The molecule has 0 heterocycles. The highest BCUT2D eigenvalue weighted by atomic mass is 16.1. The van der Waals surface area contributed by atoms with Crippen molar-refractivity contribution in [2.24, 2.45) is 5.73 Å². The van der Waals surface area contributed by atoms with Crippen molar-refractivity contribution in [3.05, 3.63) is 24.3 Å². The van der Waals surface area contributed by atoms with Crippen molar-refractivity contribution >= 4 is 5.91 Å². The quantitative estimate of drug-likeness (QED) is 0.604. The van der Waals surface area contributed by atoms with E-state index in [9.17, 15) is 4.79 Å². The number of carbonyl (C=O) groups excluding carboxylic acids is 1. The Bertz CT molecular complexity index is 211. The number of allylic oxidation sites excluding steroid dienone is 3. The zero-order valence-corrected chi connectivity index (χ0v) is 6.16. The van der Waals surface area contributed by atoms with Crippen LogP contribution in [0.25, 0.3) is 0 Å². The van der Waals surface area contributed by atoms with Gasteiger partial charge in [-0.3, -0.25) is 4.79 Å². The van der Waals surface area contributed by atoms with Crippen LogP contribution in [0.3, 0.4) is 0 Å². The van der Waals surface area contributed by atoms with Crippen LogP contribution in [0.15, 0.2) is 24.3 Å². The first-order chi connectivity index (χ1) is 5.27. The van der Waals surface area contributed by atoms with Gasteiger partial charge < -0.3 is 5.73 Å². The molecule has 0 radical (unpaired) electrons. The molecule has 0 bridgehead atoms. The predicted molar refractivity (Wildman–Crippen MR) is 42.3 cm³/mol. The summed E-state index contributed by atoms with van der Waals surface area (Å²) in [5.74, 6) is -0.352. The van der Waals surface area contributed by atoms with Crippen LogP contribution in [0.1, 0.15) is 12.8 Å². The first kappa shape index (κ1) is 9.44. The SMILES string of the molecule is N#CCC=CC=CCC(N)=O. The number of carbonyl (C=O) groups is 1. The fraction of sp³-hybridized carbons (Fsp3) is 0.250. The molecule has 0 aromatic carbocycles. The van der Waals surface area contributed by atoms with Crippen molar-refractivity contribution in [2.75, 3.05) is 0 Å². The van der Waals surface area contributed by atoms with E-state index in [1.807, 2.05) is 6.07 Å². The average Bonchev–Trinajstić information content (AvgIpc) is 1.96. The van der Waals surface area contributed by atoms with Gasteiger partial charge in [-0.25, -0.2) is 0 Å². The summed E-state index contributed by atoms with van der Waals surface area (Å²) in [6.07, 6.45) is 7.40. The van der Waals surface area contributed by atoms with Crippen molar-refractivity contribution in [3.63, 3.8) is 0 Å². The van der Waals surface area contributed by atoms with Crippen LogP contribution in [0.2, 0.25) is 0 Å². The Morgan fingerprint density at radius 2 is 2.09 bits per heavy atom. The Morgan fingerprint density at radius 1 is 1.45 bits per heavy atom. The zero-order valence-electron chi connectivity index (χ0n) is 6.16. The number of nitriles is 1. The summed E-state index contributed by atoms with van der Waals surface area (Å²) in [5, 5.41) is 8.11. The lowest BCUT2D eigenvalue weighted by Crippen LogP contribution is -2.07. The Kier molecular flexibility index (Phi) is 5.63. The van der Waals surface area contributed by atoms with Gasteiger partial charge >= 0.3 is 0 Å². The first-order valence-corrected chi connectivity index (χ1v) is 3.24. The maximum absolute atomic E-state index is 10.2. The second-order valence-corrected chi connectivity index (χ2v) is 1.89. The molecule has 11 heavy (non-hydrogen) atoms. The number of amides is 1. The van der Waals surface area contributed by atoms with Crippen LogP contribution in [0.5, 0.6) is 0 Å². The van der Waals surface area contributed by atoms with Gasteiger partial charge in [0.05, 0.1) is 12.5 Å². The molecule has 0 aromatic rings. The van der Waals surface area contributed by atoms with Gasteiger partial charge in [-0.15, -0.1) is 0 Å². The number of primary amides is 1. The molecule has 0 atom stereocenters. The third kappa shape index (κ3) is 8.44. The third-order valence-electron chi connectivity index (χ3n) is 0.911. The standard InChI is InChI=1S/C8H10N2O/c9-7-5-3-1-2-4-6-8(10)11/h1-4H,5-6H2,(H2,10,11). The number of hydrogen-bond acceptors (Lipinski definition) is 2. The minimum absolute atomic E-state index is 0.247. The highest BCUT2D eigenvalue weighted by Crippen LogP contribution is 1.84. The Morgan fingerprint density at radius 3 is 2.64 bits per heavy atom. The molecule has 3 nitrogen and oxygen atoms in total. The fourth-order valence-corrected chi connectivity index (χ4v) is 0.462. The molecule has 0 unspecified atom stereocenters. The monoisotopic (exact) mass is 150 g/mol. The molecular formula is C8H10N2O. The van der Waals surface area contributed by atoms with Gasteiger partial charge in [0.1, 0.15) is 0 Å². The van der Waals surface area contributed by atoms with E-state index in [1.165, 1.54) is 0 Å². The summed E-state index contributed by atoms with van der Waals surface area (Å²) in [4.78, 5) is 10.2. The minimum atomic E-state index is -0.352. The van der Waals surface area contributed by atoms with Crippen molar-refractivity contribution in [3.8, 4) is 6.07 Å². The normalized spacial score (nSPS) is 10.5. The van der Waals surface area contributed by atoms with Crippen molar-refractivity contribution in [1.82, 2.24) is 0 Å². The van der Waals surface area contributed by atoms with Crippen LogP contribution in [-0.4, -0.2) is 5.91 Å². The van der Waals surface area contributed by atoms with E-state index in [0.29, 0.717) is 6.42 Å². The molecule has 0 aliphatic rings. The molecule has 58 valence electrons. The van der Waals surface area contributed by atoms with Gasteiger partial charge in [0.25, 0.3) is 0 Å². The molecule has 0 aliphatic carbocycles. The minimum Gasteiger partial charge on any atom is -0.369 e. The third-order valence-corrected chi connectivity index (χ3v) is 0.911. The second-order valence-electron chi connectivity index (χ2n) is 1.89. The van der Waals surface area contributed by atoms with Crippen molar-refractivity contribution < 1.29 is 4.79 Å². The summed E-state index contributed by atoms with van der Waals surface area (Å²) in [7, 11) is 0. The van der Waals surface area contributed by atoms with Crippen molar-refractivity contribution in [1.29, 1.82) is 5.26 Å². The van der Waals surface area contributed by atoms with E-state index in [4.69, 9.17) is 11.0 Å². The number of nitrogens with two attached hydrogens (primary N) is 1. The lowest BCUT2D eigenvalue weighted by atomic mass is 10.3. The first-order valence-electron chi connectivity index (χ1n) is 3.24. The Hall–Kier alpha value is -1.56. The smallest absolute Gasteiger partial charge is 0.221 e. The zero-order chi connectivity index (χ0) is 8.53. The average molecular weight is 150 g/mol. The van der Waals surface area contributed by atoms with Gasteiger partial charge in [0.15, 0.2) is 0 Å². The predicted octanol–water partition coefficient (Wildman–Crippen LogP) is 0.888. The topological polar surface area (TPSA) is 66.9 Å². The molecule has 3 heteroatoms. The number of rotatable bonds is 4. The van der Waals surface area contributed by atoms with E-state index < -0.39 is 0 Å². The summed E-state index contributed by atoms with van der Waals surface area (Å²) < 4.78 is 0. The van der Waals surface area contributed by atoms with Crippen LogP contribution in [0, 0.1) is 11.3 Å². The summed E-state index contributed by atoms with van der Waals surface area (Å²) in [6.45, 7) is 0. The Labute approximate surface area is 65.8 Å². The molecule has 0 spiro atoms. The molecule has 0 fully saturated rings. The summed E-state index contributed by atoms with van der Waals surface area (Å²) in [6, 6.07) is 1.96. The van der Waals surface area contributed by atoms with E-state index in [2.05, 4.69) is 0 Å². The van der Waals surface area contributed by atoms with Crippen molar-refractivity contribution in [2.45, 2.75) is 12.8 Å². The highest BCUT2D eigenvalue weighted by Gasteiger charge is 1.83. The molecule has 0 rings (SSSR count). The fourth-order valence-electron chi connectivity index (χ4n) is 0.462. The van der Waals surface area contributed by atoms with Gasteiger partial charge in [0.2, 0.25) is 5.91 Å². The van der Waals surface area contributed by atoms with E-state index >= 15 is 0 Å². The maximum Gasteiger partial charge on any atom is 0.221 e. The Balaban J connectivity index is 3.45. The molecule has 0 aliphatic heterocycles. The molecule has 0 saturated carbocycles. The van der Waals surface area contributed by atoms with Crippen LogP contribution >= 0.6 is 0 Å². The van der Waals surface area contributed by atoms with Crippen LogP contribution in [-0.2, 0) is 4.79 Å². The molecule has 1 amide bonds. The second kappa shape index (κ2) is 6.56. The van der Waals surface area contributed by atoms with E-state index in [-0.39, 0.29) is 12.3 Å². The van der Waals surface area contributed by atoms with Gasteiger partial charge in [0, 0.05) is 6.42 Å². The van der Waals surface area contributed by atoms with Crippen LogP contribution in [0.4, 0.5) is 0 Å². The van der Waals surface area contributed by atoms with Gasteiger partial charge in [-0.1, -0.05) is 24.3 Å². The van der Waals surface area contributed by atoms with Gasteiger partial charge in [-0.05, 0) is 0 Å².